The highest BCUT2D eigenvalue weighted by Gasteiger charge is 2.41. The number of nitrogens with one attached hydrogen (secondary N) is 1. The largest absolute Gasteiger partial charge is 0.352 e. The van der Waals surface area contributed by atoms with Crippen LogP contribution in [0.15, 0.2) is 40.8 Å². The summed E-state index contributed by atoms with van der Waals surface area (Å²) in [6.45, 7) is 8.83. The second-order valence-corrected chi connectivity index (χ2v) is 10.00. The molecule has 2 aliphatic heterocycles. The van der Waals surface area contributed by atoms with Crippen LogP contribution in [0, 0.1) is 6.92 Å². The molecule has 0 bridgehead atoms. The van der Waals surface area contributed by atoms with Crippen LogP contribution in [0.25, 0.3) is 0 Å². The van der Waals surface area contributed by atoms with Crippen molar-refractivity contribution in [2.45, 2.75) is 76.1 Å². The zero-order valence-corrected chi connectivity index (χ0v) is 19.0. The smallest absolute Gasteiger partial charge is 0.240 e. The van der Waals surface area contributed by atoms with Gasteiger partial charge < -0.3 is 18.9 Å². The molecule has 1 aromatic carbocycles. The third-order valence-corrected chi connectivity index (χ3v) is 6.62. The number of hydrogen-bond acceptors (Lipinski definition) is 6. The molecular formula is C22H33NO6S. The van der Waals surface area contributed by atoms with Crippen molar-refractivity contribution in [1.82, 2.24) is 4.72 Å². The third kappa shape index (κ3) is 6.12. The monoisotopic (exact) mass is 439 g/mol. The van der Waals surface area contributed by atoms with Crippen molar-refractivity contribution in [3.05, 3.63) is 41.5 Å². The SMILES string of the molecule is CCCCO[C@@H]1CC=C(CNS(=O)(=O)c2ccc(C)cc2)[C@@H]2OC(C)(C)OC[C@H]2O1. The van der Waals surface area contributed by atoms with Gasteiger partial charge in [0.25, 0.3) is 0 Å². The van der Waals surface area contributed by atoms with Gasteiger partial charge in [0.2, 0.25) is 10.0 Å². The molecule has 3 rings (SSSR count). The molecule has 0 unspecified atom stereocenters. The number of rotatable bonds is 8. The minimum atomic E-state index is -3.64. The fourth-order valence-electron chi connectivity index (χ4n) is 3.44. The average Bonchev–Trinajstić information content (AvgIpc) is 2.85. The van der Waals surface area contributed by atoms with Crippen LogP contribution in [0.5, 0.6) is 0 Å². The van der Waals surface area contributed by atoms with Crippen molar-refractivity contribution in [2.24, 2.45) is 0 Å². The van der Waals surface area contributed by atoms with E-state index in [0.717, 1.165) is 24.0 Å². The Kier molecular flexibility index (Phi) is 7.71. The Morgan fingerprint density at radius 3 is 2.67 bits per heavy atom. The number of benzene rings is 1. The molecule has 1 N–H and O–H groups in total. The fourth-order valence-corrected chi connectivity index (χ4v) is 4.46. The Hall–Kier alpha value is -1.29. The third-order valence-electron chi connectivity index (χ3n) is 5.21. The number of aryl methyl sites for hydroxylation is 1. The Bertz CT molecular complexity index is 834. The van der Waals surface area contributed by atoms with Crippen LogP contribution in [0.2, 0.25) is 0 Å². The number of fused-ring (bicyclic) bond motifs is 1. The normalized spacial score (nSPS) is 26.5. The predicted octanol–water partition coefficient (Wildman–Crippen LogP) is 3.28. The van der Waals surface area contributed by atoms with Crippen LogP contribution in [0.4, 0.5) is 0 Å². The lowest BCUT2D eigenvalue weighted by atomic mass is 10.0. The predicted molar refractivity (Wildman–Crippen MR) is 113 cm³/mol. The van der Waals surface area contributed by atoms with Crippen molar-refractivity contribution in [1.29, 1.82) is 0 Å². The van der Waals surface area contributed by atoms with Gasteiger partial charge >= 0.3 is 0 Å². The van der Waals surface area contributed by atoms with Crippen LogP contribution in [-0.2, 0) is 29.0 Å². The van der Waals surface area contributed by atoms with Gasteiger partial charge in [-0.25, -0.2) is 13.1 Å². The van der Waals surface area contributed by atoms with E-state index in [1.807, 2.05) is 26.8 Å². The van der Waals surface area contributed by atoms with E-state index in [0.29, 0.717) is 19.6 Å². The number of hydrogen-bond donors (Lipinski definition) is 1. The molecule has 0 saturated carbocycles. The van der Waals surface area contributed by atoms with Gasteiger partial charge in [-0.15, -0.1) is 0 Å². The lowest BCUT2D eigenvalue weighted by Gasteiger charge is -2.41. The minimum Gasteiger partial charge on any atom is -0.352 e. The van der Waals surface area contributed by atoms with Crippen LogP contribution in [0.3, 0.4) is 0 Å². The van der Waals surface area contributed by atoms with Gasteiger partial charge in [-0.1, -0.05) is 37.1 Å². The van der Waals surface area contributed by atoms with Crippen molar-refractivity contribution >= 4 is 10.0 Å². The molecule has 3 atom stereocenters. The summed E-state index contributed by atoms with van der Waals surface area (Å²) in [7, 11) is -3.64. The van der Waals surface area contributed by atoms with Gasteiger partial charge in [0.05, 0.1) is 11.5 Å². The molecule has 0 spiro atoms. The zero-order chi connectivity index (χ0) is 21.8. The molecule has 1 aromatic rings. The molecule has 8 heteroatoms. The molecule has 0 aromatic heterocycles. The van der Waals surface area contributed by atoms with E-state index >= 15 is 0 Å². The molecule has 1 saturated heterocycles. The summed E-state index contributed by atoms with van der Waals surface area (Å²) in [5.74, 6) is -0.775. The summed E-state index contributed by atoms with van der Waals surface area (Å²) in [4.78, 5) is 0.240. The van der Waals surface area contributed by atoms with Gasteiger partial charge in [0, 0.05) is 19.6 Å². The van der Waals surface area contributed by atoms with Crippen molar-refractivity contribution in [2.75, 3.05) is 19.8 Å². The Morgan fingerprint density at radius 2 is 1.97 bits per heavy atom. The Labute approximate surface area is 179 Å². The van der Waals surface area contributed by atoms with E-state index in [1.165, 1.54) is 0 Å². The lowest BCUT2D eigenvalue weighted by molar-refractivity contribution is -0.318. The maximum atomic E-state index is 12.7. The van der Waals surface area contributed by atoms with E-state index in [9.17, 15) is 8.42 Å². The summed E-state index contributed by atoms with van der Waals surface area (Å²) in [6, 6.07) is 6.78. The number of sulfonamides is 1. The summed E-state index contributed by atoms with van der Waals surface area (Å²) in [5, 5.41) is 0. The maximum Gasteiger partial charge on any atom is 0.240 e. The number of unbranched alkanes of at least 4 members (excludes halogenated alkanes) is 1. The van der Waals surface area contributed by atoms with Crippen LogP contribution in [0.1, 0.15) is 45.6 Å². The van der Waals surface area contributed by atoms with Crippen molar-refractivity contribution in [3.63, 3.8) is 0 Å². The zero-order valence-electron chi connectivity index (χ0n) is 18.2. The highest BCUT2D eigenvalue weighted by Crippen LogP contribution is 2.32. The second-order valence-electron chi connectivity index (χ2n) is 8.23. The van der Waals surface area contributed by atoms with E-state index in [-0.39, 0.29) is 17.5 Å². The first kappa shape index (κ1) is 23.4. The Morgan fingerprint density at radius 1 is 1.23 bits per heavy atom. The second kappa shape index (κ2) is 9.89. The van der Waals surface area contributed by atoms with Gasteiger partial charge in [-0.3, -0.25) is 0 Å². The van der Waals surface area contributed by atoms with E-state index in [4.69, 9.17) is 18.9 Å². The molecule has 168 valence electrons. The molecule has 2 aliphatic rings. The summed E-state index contributed by atoms with van der Waals surface area (Å²) in [5.41, 5.74) is 1.83. The van der Waals surface area contributed by atoms with Crippen molar-refractivity contribution < 1.29 is 27.4 Å². The minimum absolute atomic E-state index is 0.137. The highest BCUT2D eigenvalue weighted by molar-refractivity contribution is 7.89. The summed E-state index contributed by atoms with van der Waals surface area (Å²) >= 11 is 0. The molecule has 0 aliphatic carbocycles. The fraction of sp³-hybridized carbons (Fsp3) is 0.636. The van der Waals surface area contributed by atoms with E-state index in [2.05, 4.69) is 11.6 Å². The van der Waals surface area contributed by atoms with Crippen molar-refractivity contribution in [3.8, 4) is 0 Å². The first-order valence-corrected chi connectivity index (χ1v) is 12.0. The number of ether oxygens (including phenoxy) is 4. The maximum absolute atomic E-state index is 12.7. The topological polar surface area (TPSA) is 83.1 Å². The highest BCUT2D eigenvalue weighted by atomic mass is 32.2. The lowest BCUT2D eigenvalue weighted by Crippen LogP contribution is -2.52. The van der Waals surface area contributed by atoms with Crippen LogP contribution in [-0.4, -0.2) is 52.5 Å². The quantitative estimate of drug-likeness (QED) is 0.494. The Balaban J connectivity index is 1.74. The molecular weight excluding hydrogens is 406 g/mol. The summed E-state index contributed by atoms with van der Waals surface area (Å²) in [6.07, 6.45) is 3.34. The molecule has 2 heterocycles. The molecule has 7 nitrogen and oxygen atoms in total. The standard InChI is InChI=1S/C22H33NO6S/c1-5-6-13-26-20-12-9-17(21-19(28-20)15-27-22(3,4)29-21)14-23-30(24,25)18-10-7-16(2)8-11-18/h7-11,19-21,23H,5-6,12-15H2,1-4H3/t19-,20+,21+/m1/s1. The first-order chi connectivity index (χ1) is 14.2. The first-order valence-electron chi connectivity index (χ1n) is 10.5. The molecule has 30 heavy (non-hydrogen) atoms. The van der Waals surface area contributed by atoms with E-state index in [1.54, 1.807) is 24.3 Å². The van der Waals surface area contributed by atoms with Crippen LogP contribution >= 0.6 is 0 Å². The molecule has 0 amide bonds. The van der Waals surface area contributed by atoms with Gasteiger partial charge in [0.15, 0.2) is 12.1 Å². The molecule has 0 radical (unpaired) electrons. The van der Waals surface area contributed by atoms with Gasteiger partial charge in [-0.2, -0.15) is 0 Å². The van der Waals surface area contributed by atoms with E-state index < -0.39 is 28.2 Å². The van der Waals surface area contributed by atoms with Crippen LogP contribution < -0.4 is 4.72 Å². The van der Waals surface area contributed by atoms with Gasteiger partial charge in [0.1, 0.15) is 12.2 Å². The summed E-state index contributed by atoms with van der Waals surface area (Å²) < 4.78 is 52.1. The van der Waals surface area contributed by atoms with Gasteiger partial charge in [-0.05, 0) is 44.9 Å². The average molecular weight is 440 g/mol. The molecule has 1 fully saturated rings.